The maximum atomic E-state index is 7.00. The van der Waals surface area contributed by atoms with E-state index in [2.05, 4.69) is 66.1 Å². The van der Waals surface area contributed by atoms with Gasteiger partial charge in [0, 0.05) is 32.3 Å². The van der Waals surface area contributed by atoms with E-state index in [0.717, 1.165) is 33.3 Å². The first-order valence-corrected chi connectivity index (χ1v) is 10.8. The van der Waals surface area contributed by atoms with Gasteiger partial charge in [0.05, 0.1) is 11.7 Å². The zero-order valence-electron chi connectivity index (χ0n) is 18.2. The number of rotatable bonds is 6. The van der Waals surface area contributed by atoms with Crippen LogP contribution in [0.5, 0.6) is 0 Å². The Bertz CT molecular complexity index is 694. The highest BCUT2D eigenvalue weighted by Gasteiger charge is 2.25. The van der Waals surface area contributed by atoms with Crippen molar-refractivity contribution in [3.8, 4) is 0 Å². The van der Waals surface area contributed by atoms with Crippen LogP contribution in [0.15, 0.2) is 47.4 Å². The van der Waals surface area contributed by atoms with Crippen LogP contribution in [0.2, 0.25) is 0 Å². The monoisotopic (exact) mass is 404 g/mol. The number of ether oxygens (including phenoxy) is 1. The molecule has 4 nitrogen and oxygen atoms in total. The molecule has 0 fully saturated rings. The summed E-state index contributed by atoms with van der Waals surface area (Å²) < 4.78 is 7.74. The highest BCUT2D eigenvalue weighted by atomic mass is 32.2. The fraction of sp³-hybridized carbons (Fsp3) is 0.478. The molecule has 1 aliphatic heterocycles. The number of aliphatic hydroxyl groups is 1. The van der Waals surface area contributed by atoms with Crippen LogP contribution >= 0.6 is 11.9 Å². The first-order chi connectivity index (χ1) is 13.7. The number of benzene rings is 2. The number of nitrogens with zero attached hydrogens (tertiary/aromatic N) is 1. The number of nitrogens with one attached hydrogen (secondary N) is 1. The van der Waals surface area contributed by atoms with Crippen LogP contribution in [-0.2, 0) is 4.74 Å². The summed E-state index contributed by atoms with van der Waals surface area (Å²) in [6, 6.07) is 15.7. The highest BCUT2D eigenvalue weighted by Crippen LogP contribution is 2.43. The summed E-state index contributed by atoms with van der Waals surface area (Å²) in [4.78, 5) is 1.33. The first kappa shape index (κ1) is 24.5. The minimum absolute atomic E-state index is 0.218. The summed E-state index contributed by atoms with van der Waals surface area (Å²) in [5.41, 5.74) is 5.28. The molecule has 0 amide bonds. The Morgan fingerprint density at radius 3 is 2.54 bits per heavy atom. The quantitative estimate of drug-likeness (QED) is 0.512. The van der Waals surface area contributed by atoms with E-state index in [1.54, 1.807) is 0 Å². The van der Waals surface area contributed by atoms with Crippen molar-refractivity contribution in [2.75, 3.05) is 38.2 Å². The smallest absolute Gasteiger partial charge is 0.0609 e. The predicted molar refractivity (Wildman–Crippen MR) is 122 cm³/mol. The molecule has 1 aliphatic rings. The molecule has 0 aliphatic carbocycles. The van der Waals surface area contributed by atoms with Gasteiger partial charge in [-0.15, -0.1) is 0 Å². The largest absolute Gasteiger partial charge is 0.400 e. The molecular weight excluding hydrogens is 368 g/mol. The molecule has 2 N–H and O–H groups in total. The number of aliphatic hydroxyl groups excluding tert-OH is 1. The van der Waals surface area contributed by atoms with Crippen molar-refractivity contribution in [2.45, 2.75) is 45.1 Å². The van der Waals surface area contributed by atoms with E-state index in [-0.39, 0.29) is 6.04 Å². The molecule has 1 unspecified atom stereocenters. The second-order valence-corrected chi connectivity index (χ2v) is 7.30. The summed E-state index contributed by atoms with van der Waals surface area (Å²) in [6.45, 7) is 10.7. The molecule has 2 aromatic rings. The molecule has 5 heteroatoms. The number of aryl methyl sites for hydroxylation is 1. The second kappa shape index (κ2) is 13.6. The molecule has 0 spiro atoms. The van der Waals surface area contributed by atoms with E-state index >= 15 is 0 Å². The Labute approximate surface area is 175 Å². The fourth-order valence-electron chi connectivity index (χ4n) is 3.13. The first-order valence-electron chi connectivity index (χ1n) is 10.1. The summed E-state index contributed by atoms with van der Waals surface area (Å²) in [6.07, 6.45) is 1.02. The summed E-state index contributed by atoms with van der Waals surface area (Å²) >= 11 is 1.81. The normalized spacial score (nSPS) is 14.5. The van der Waals surface area contributed by atoms with Gasteiger partial charge in [0.2, 0.25) is 0 Å². The van der Waals surface area contributed by atoms with E-state index < -0.39 is 0 Å². The number of hydrogen-bond acceptors (Lipinski definition) is 5. The minimum atomic E-state index is 0.218. The standard InChI is InChI=1S/C20H26N2OS.C2H6.CH4O/c1-4-23-13-7-12-21-20-16-8-5-6-9-18(16)22(3)24-19-14-15(2)10-11-17(19)20;2*1-2/h5-6,8-11,14,20-21H,4,7,12-13H2,1-3H3;1-2H3;2H,1H3. The third-order valence-electron chi connectivity index (χ3n) is 4.32. The van der Waals surface area contributed by atoms with Gasteiger partial charge in [-0.25, -0.2) is 0 Å². The van der Waals surface area contributed by atoms with Gasteiger partial charge < -0.3 is 19.5 Å². The third-order valence-corrected chi connectivity index (χ3v) is 5.34. The lowest BCUT2D eigenvalue weighted by Gasteiger charge is -2.22. The molecule has 0 saturated heterocycles. The molecule has 2 aromatic carbocycles. The Balaban J connectivity index is 0.000000921. The molecule has 0 bridgehead atoms. The van der Waals surface area contributed by atoms with Gasteiger partial charge in [-0.2, -0.15) is 0 Å². The number of anilines is 1. The Hall–Kier alpha value is -1.53. The molecule has 3 rings (SSSR count). The zero-order valence-corrected chi connectivity index (χ0v) is 19.0. The van der Waals surface area contributed by atoms with Crippen molar-refractivity contribution in [2.24, 2.45) is 0 Å². The lowest BCUT2D eigenvalue weighted by molar-refractivity contribution is 0.144. The average Bonchev–Trinajstić information content (AvgIpc) is 2.85. The maximum Gasteiger partial charge on any atom is 0.0609 e. The second-order valence-electron chi connectivity index (χ2n) is 6.13. The fourth-order valence-corrected chi connectivity index (χ4v) is 4.22. The van der Waals surface area contributed by atoms with Crippen LogP contribution in [0.25, 0.3) is 0 Å². The van der Waals surface area contributed by atoms with Crippen LogP contribution in [0.4, 0.5) is 5.69 Å². The molecule has 0 saturated carbocycles. The van der Waals surface area contributed by atoms with Crippen LogP contribution < -0.4 is 9.62 Å². The van der Waals surface area contributed by atoms with Crippen LogP contribution in [0.1, 0.15) is 49.9 Å². The minimum Gasteiger partial charge on any atom is -0.400 e. The third kappa shape index (κ3) is 6.52. The molecule has 156 valence electrons. The van der Waals surface area contributed by atoms with Gasteiger partial charge >= 0.3 is 0 Å². The molecule has 1 heterocycles. The van der Waals surface area contributed by atoms with Crippen molar-refractivity contribution in [1.82, 2.24) is 5.32 Å². The summed E-state index contributed by atoms with van der Waals surface area (Å²) in [7, 11) is 3.15. The van der Waals surface area contributed by atoms with E-state index in [0.29, 0.717) is 0 Å². The van der Waals surface area contributed by atoms with Crippen LogP contribution in [0.3, 0.4) is 0 Å². The van der Waals surface area contributed by atoms with Gasteiger partial charge in [-0.05, 0) is 67.6 Å². The number of fused-ring (bicyclic) bond motifs is 2. The molecular formula is C23H36N2O2S. The Kier molecular flexibility index (Phi) is 11.9. The number of para-hydroxylation sites is 1. The van der Waals surface area contributed by atoms with Crippen LogP contribution in [-0.4, -0.2) is 39.0 Å². The van der Waals surface area contributed by atoms with E-state index in [4.69, 9.17) is 9.84 Å². The summed E-state index contributed by atoms with van der Waals surface area (Å²) in [5.74, 6) is 0. The molecule has 28 heavy (non-hydrogen) atoms. The molecule has 0 radical (unpaired) electrons. The topological polar surface area (TPSA) is 44.7 Å². The van der Waals surface area contributed by atoms with Gasteiger partial charge in [-0.1, -0.05) is 44.2 Å². The summed E-state index contributed by atoms with van der Waals surface area (Å²) in [5, 5.41) is 10.8. The van der Waals surface area contributed by atoms with Gasteiger partial charge in [0.15, 0.2) is 0 Å². The van der Waals surface area contributed by atoms with Gasteiger partial charge in [0.25, 0.3) is 0 Å². The zero-order chi connectivity index (χ0) is 20.9. The van der Waals surface area contributed by atoms with Crippen molar-refractivity contribution in [1.29, 1.82) is 0 Å². The lowest BCUT2D eigenvalue weighted by Crippen LogP contribution is -2.25. The van der Waals surface area contributed by atoms with Gasteiger partial charge in [-0.3, -0.25) is 0 Å². The van der Waals surface area contributed by atoms with Crippen molar-refractivity contribution >= 4 is 17.6 Å². The Morgan fingerprint density at radius 1 is 1.11 bits per heavy atom. The van der Waals surface area contributed by atoms with Crippen molar-refractivity contribution < 1.29 is 9.84 Å². The molecule has 0 aromatic heterocycles. The SMILES string of the molecule is CC.CCOCCCNC1c2ccc(C)cc2SN(C)c2ccccc21.CO. The van der Waals surface area contributed by atoms with E-state index in [1.807, 2.05) is 32.7 Å². The van der Waals surface area contributed by atoms with E-state index in [1.165, 1.54) is 27.3 Å². The van der Waals surface area contributed by atoms with Crippen molar-refractivity contribution in [3.63, 3.8) is 0 Å². The lowest BCUT2D eigenvalue weighted by atomic mass is 9.96. The van der Waals surface area contributed by atoms with Crippen molar-refractivity contribution in [3.05, 3.63) is 59.2 Å². The predicted octanol–water partition coefficient (Wildman–Crippen LogP) is 5.19. The van der Waals surface area contributed by atoms with E-state index in [9.17, 15) is 0 Å². The Morgan fingerprint density at radius 2 is 1.82 bits per heavy atom. The molecule has 1 atom stereocenters. The number of hydrogen-bond donors (Lipinski definition) is 2. The highest BCUT2D eigenvalue weighted by molar-refractivity contribution is 8.00. The average molecular weight is 405 g/mol. The van der Waals surface area contributed by atoms with Gasteiger partial charge in [0.1, 0.15) is 0 Å². The van der Waals surface area contributed by atoms with Crippen LogP contribution in [0, 0.1) is 6.92 Å². The maximum absolute atomic E-state index is 7.00.